The number of nitrogens with two attached hydrogens (primary N) is 1. The Morgan fingerprint density at radius 1 is 1.53 bits per heavy atom. The van der Waals surface area contributed by atoms with Crippen molar-refractivity contribution in [3.05, 3.63) is 23.8 Å². The number of hydrogen-bond acceptors (Lipinski definition) is 5. The summed E-state index contributed by atoms with van der Waals surface area (Å²) in [6.45, 7) is 7.23. The first-order valence-electron chi connectivity index (χ1n) is 6.58. The Hall–Kier alpha value is -1.91. The van der Waals surface area contributed by atoms with Gasteiger partial charge in [0, 0.05) is 6.04 Å². The summed E-state index contributed by atoms with van der Waals surface area (Å²) < 4.78 is 5.42. The first-order valence-corrected chi connectivity index (χ1v) is 6.58. The van der Waals surface area contributed by atoms with Crippen LogP contribution in [0, 0.1) is 0 Å². The minimum atomic E-state index is 0.111. The topological polar surface area (TPSA) is 71.1 Å². The van der Waals surface area contributed by atoms with Crippen molar-refractivity contribution in [2.75, 3.05) is 13.2 Å². The fraction of sp³-hybridized carbons (Fsp3) is 0.500. The number of rotatable bonds is 4. The monoisotopic (exact) mass is 263 g/mol. The van der Waals surface area contributed by atoms with Crippen LogP contribution in [0.2, 0.25) is 0 Å². The lowest BCUT2D eigenvalue weighted by Gasteiger charge is -2.30. The molecule has 1 aromatic carbocycles. The molecule has 3 N–H and O–H groups in total. The van der Waals surface area contributed by atoms with E-state index in [1.165, 1.54) is 0 Å². The Morgan fingerprint density at radius 2 is 2.26 bits per heavy atom. The number of hydrogen-bond donors (Lipinski definition) is 2. The van der Waals surface area contributed by atoms with Gasteiger partial charge in [-0.2, -0.15) is 0 Å². The van der Waals surface area contributed by atoms with Crippen LogP contribution in [0.4, 0.5) is 0 Å². The molecular weight excluding hydrogens is 242 g/mol. The second kappa shape index (κ2) is 5.38. The minimum absolute atomic E-state index is 0.111. The van der Waals surface area contributed by atoms with Crippen LogP contribution in [0.5, 0.6) is 11.5 Å². The highest BCUT2D eigenvalue weighted by Crippen LogP contribution is 2.33. The number of phenols is 1. The van der Waals surface area contributed by atoms with Gasteiger partial charge in [-0.05, 0) is 38.5 Å². The number of guanidine groups is 1. The van der Waals surface area contributed by atoms with E-state index >= 15 is 0 Å². The van der Waals surface area contributed by atoms with Crippen LogP contribution in [0.1, 0.15) is 32.4 Å². The Morgan fingerprint density at radius 3 is 2.89 bits per heavy atom. The molecule has 0 saturated heterocycles. The van der Waals surface area contributed by atoms with Gasteiger partial charge in [0.05, 0.1) is 19.2 Å². The van der Waals surface area contributed by atoms with Gasteiger partial charge < -0.3 is 20.5 Å². The summed E-state index contributed by atoms with van der Waals surface area (Å²) in [7, 11) is 0. The van der Waals surface area contributed by atoms with E-state index in [0.717, 1.165) is 5.56 Å². The van der Waals surface area contributed by atoms with Crippen molar-refractivity contribution in [2.24, 2.45) is 10.7 Å². The first kappa shape index (κ1) is 13.5. The maximum atomic E-state index is 9.74. The zero-order chi connectivity index (χ0) is 14.0. The number of ether oxygens (including phenoxy) is 1. The molecule has 0 fully saturated rings. The molecule has 104 valence electrons. The maximum Gasteiger partial charge on any atom is 0.192 e. The van der Waals surface area contributed by atoms with E-state index in [4.69, 9.17) is 10.5 Å². The fourth-order valence-corrected chi connectivity index (χ4v) is 2.41. The molecule has 0 bridgehead atoms. The number of aromatic hydroxyl groups is 1. The second-order valence-electron chi connectivity index (χ2n) is 4.88. The van der Waals surface area contributed by atoms with E-state index in [2.05, 4.69) is 23.7 Å². The molecule has 1 aliphatic heterocycles. The Labute approximate surface area is 113 Å². The molecule has 0 aliphatic carbocycles. The number of aliphatic imine (C=N–C) groups is 1. The van der Waals surface area contributed by atoms with E-state index in [9.17, 15) is 5.11 Å². The van der Waals surface area contributed by atoms with Crippen molar-refractivity contribution >= 4 is 5.96 Å². The molecule has 5 heteroatoms. The Kier molecular flexibility index (Phi) is 3.83. The Balaban J connectivity index is 2.29. The van der Waals surface area contributed by atoms with Crippen LogP contribution >= 0.6 is 0 Å². The maximum absolute atomic E-state index is 9.74. The van der Waals surface area contributed by atoms with Crippen LogP contribution in [-0.4, -0.2) is 35.2 Å². The highest BCUT2D eigenvalue weighted by molar-refractivity contribution is 5.80. The van der Waals surface area contributed by atoms with E-state index in [0.29, 0.717) is 24.9 Å². The van der Waals surface area contributed by atoms with Gasteiger partial charge in [-0.3, -0.25) is 4.99 Å². The van der Waals surface area contributed by atoms with Gasteiger partial charge in [-0.15, -0.1) is 0 Å². The number of nitrogens with zero attached hydrogens (tertiary/aromatic N) is 2. The molecule has 1 atom stereocenters. The molecule has 0 radical (unpaired) electrons. The zero-order valence-electron chi connectivity index (χ0n) is 11.6. The zero-order valence-corrected chi connectivity index (χ0v) is 11.6. The van der Waals surface area contributed by atoms with E-state index in [1.54, 1.807) is 6.07 Å². The highest BCUT2D eigenvalue weighted by Gasteiger charge is 2.29. The molecule has 0 amide bonds. The predicted octanol–water partition coefficient (Wildman–Crippen LogP) is 1.87. The summed E-state index contributed by atoms with van der Waals surface area (Å²) in [6, 6.07) is 5.81. The van der Waals surface area contributed by atoms with Crippen molar-refractivity contribution in [3.63, 3.8) is 0 Å². The van der Waals surface area contributed by atoms with Gasteiger partial charge >= 0.3 is 0 Å². The molecule has 0 aromatic heterocycles. The van der Waals surface area contributed by atoms with E-state index in [-0.39, 0.29) is 17.8 Å². The molecule has 1 unspecified atom stereocenters. The van der Waals surface area contributed by atoms with Crippen molar-refractivity contribution in [1.82, 2.24) is 4.90 Å². The molecule has 5 nitrogen and oxygen atoms in total. The standard InChI is InChI=1S/C14H21N3O2/c1-4-19-13-7-10(5-6-12(13)18)11-8-16-14(15)17(11)9(2)3/h5-7,9,11,18H,4,8H2,1-3H3,(H2,15,16). The second-order valence-corrected chi connectivity index (χ2v) is 4.88. The van der Waals surface area contributed by atoms with Gasteiger partial charge in [0.15, 0.2) is 17.5 Å². The summed E-state index contributed by atoms with van der Waals surface area (Å²) in [5, 5.41) is 9.74. The van der Waals surface area contributed by atoms with Crippen molar-refractivity contribution < 1.29 is 9.84 Å². The Bertz CT molecular complexity index is 486. The molecule has 1 aliphatic rings. The van der Waals surface area contributed by atoms with Gasteiger partial charge in [-0.25, -0.2) is 0 Å². The van der Waals surface area contributed by atoms with E-state index in [1.807, 2.05) is 19.1 Å². The largest absolute Gasteiger partial charge is 0.504 e. The first-order chi connectivity index (χ1) is 9.04. The van der Waals surface area contributed by atoms with E-state index < -0.39 is 0 Å². The molecule has 2 rings (SSSR count). The lowest BCUT2D eigenvalue weighted by Crippen LogP contribution is -2.40. The number of benzene rings is 1. The lowest BCUT2D eigenvalue weighted by molar-refractivity contribution is 0.286. The normalized spacial score (nSPS) is 18.8. The van der Waals surface area contributed by atoms with Crippen molar-refractivity contribution in [2.45, 2.75) is 32.9 Å². The SMILES string of the molecule is CCOc1cc(C2CN=C(N)N2C(C)C)ccc1O. The van der Waals surface area contributed by atoms with Crippen LogP contribution in [0.3, 0.4) is 0 Å². The average Bonchev–Trinajstić information content (AvgIpc) is 2.74. The smallest absolute Gasteiger partial charge is 0.192 e. The van der Waals surface area contributed by atoms with Gasteiger partial charge in [0.2, 0.25) is 0 Å². The van der Waals surface area contributed by atoms with Crippen LogP contribution in [0.15, 0.2) is 23.2 Å². The van der Waals surface area contributed by atoms with Crippen LogP contribution in [0.25, 0.3) is 0 Å². The summed E-state index contributed by atoms with van der Waals surface area (Å²) in [4.78, 5) is 6.40. The molecule has 0 saturated carbocycles. The molecule has 19 heavy (non-hydrogen) atoms. The number of phenolic OH excluding ortho intramolecular Hbond substituents is 1. The third-order valence-electron chi connectivity index (χ3n) is 3.25. The van der Waals surface area contributed by atoms with Crippen molar-refractivity contribution in [3.8, 4) is 11.5 Å². The summed E-state index contributed by atoms with van der Waals surface area (Å²) in [6.07, 6.45) is 0. The molecule has 1 heterocycles. The quantitative estimate of drug-likeness (QED) is 0.870. The summed E-state index contributed by atoms with van der Waals surface area (Å²) in [5.74, 6) is 1.24. The van der Waals surface area contributed by atoms with Gasteiger partial charge in [0.25, 0.3) is 0 Å². The third kappa shape index (κ3) is 2.59. The molecule has 1 aromatic rings. The van der Waals surface area contributed by atoms with Crippen LogP contribution < -0.4 is 10.5 Å². The molecular formula is C14H21N3O2. The highest BCUT2D eigenvalue weighted by atomic mass is 16.5. The summed E-state index contributed by atoms with van der Waals surface area (Å²) >= 11 is 0. The minimum Gasteiger partial charge on any atom is -0.504 e. The average molecular weight is 263 g/mol. The molecule has 0 spiro atoms. The predicted molar refractivity (Wildman–Crippen MR) is 75.5 cm³/mol. The van der Waals surface area contributed by atoms with Gasteiger partial charge in [0.1, 0.15) is 0 Å². The van der Waals surface area contributed by atoms with Crippen molar-refractivity contribution in [1.29, 1.82) is 0 Å². The fourth-order valence-electron chi connectivity index (χ4n) is 2.41. The summed E-state index contributed by atoms with van der Waals surface area (Å²) in [5.41, 5.74) is 6.98. The third-order valence-corrected chi connectivity index (χ3v) is 3.25. The van der Waals surface area contributed by atoms with Crippen LogP contribution in [-0.2, 0) is 0 Å². The van der Waals surface area contributed by atoms with Gasteiger partial charge in [-0.1, -0.05) is 6.07 Å². The lowest BCUT2D eigenvalue weighted by atomic mass is 10.0.